The highest BCUT2D eigenvalue weighted by molar-refractivity contribution is 5.80. The third-order valence-electron chi connectivity index (χ3n) is 4.41. The van der Waals surface area contributed by atoms with Crippen molar-refractivity contribution in [1.82, 2.24) is 0 Å². The first-order chi connectivity index (χ1) is 11.5. The second-order valence-electron chi connectivity index (χ2n) is 6.63. The van der Waals surface area contributed by atoms with Crippen LogP contribution in [0.1, 0.15) is 97.3 Å². The molecule has 4 nitrogen and oxygen atoms in total. The lowest BCUT2D eigenvalue weighted by molar-refractivity contribution is -0.147. The van der Waals surface area contributed by atoms with Gasteiger partial charge >= 0.3 is 11.9 Å². The van der Waals surface area contributed by atoms with E-state index in [0.717, 1.165) is 44.1 Å². The lowest BCUT2D eigenvalue weighted by Crippen LogP contribution is -2.20. The highest BCUT2D eigenvalue weighted by atomic mass is 16.4. The van der Waals surface area contributed by atoms with E-state index in [4.69, 9.17) is 5.11 Å². The van der Waals surface area contributed by atoms with Gasteiger partial charge < -0.3 is 10.2 Å². The zero-order chi connectivity index (χ0) is 18.2. The van der Waals surface area contributed by atoms with E-state index in [1.807, 2.05) is 6.08 Å². The van der Waals surface area contributed by atoms with Crippen LogP contribution in [-0.4, -0.2) is 22.2 Å². The number of carboxylic acid groups (broad SMARTS) is 2. The van der Waals surface area contributed by atoms with Crippen molar-refractivity contribution in [3.8, 4) is 0 Å². The molecule has 0 aromatic carbocycles. The van der Waals surface area contributed by atoms with E-state index >= 15 is 0 Å². The van der Waals surface area contributed by atoms with Gasteiger partial charge in [0.15, 0.2) is 0 Å². The van der Waals surface area contributed by atoms with E-state index in [0.29, 0.717) is 6.42 Å². The second-order valence-corrected chi connectivity index (χ2v) is 6.63. The smallest absolute Gasteiger partial charge is 0.311 e. The summed E-state index contributed by atoms with van der Waals surface area (Å²) >= 11 is 0. The number of hydrogen-bond acceptors (Lipinski definition) is 2. The highest BCUT2D eigenvalue weighted by Crippen LogP contribution is 2.24. The van der Waals surface area contributed by atoms with Gasteiger partial charge in [-0.1, -0.05) is 76.9 Å². The Hall–Kier alpha value is -1.32. The number of rotatable bonds is 16. The van der Waals surface area contributed by atoms with Gasteiger partial charge in [-0.15, -0.1) is 0 Å². The van der Waals surface area contributed by atoms with Crippen LogP contribution in [0.2, 0.25) is 0 Å². The fourth-order valence-electron chi connectivity index (χ4n) is 2.94. The van der Waals surface area contributed by atoms with E-state index in [9.17, 15) is 14.7 Å². The normalized spacial score (nSPS) is 13.0. The number of unbranched alkanes of at least 4 members (excludes halogenated alkanes) is 9. The molecule has 0 aliphatic carbocycles. The number of aliphatic carboxylic acids is 2. The van der Waals surface area contributed by atoms with Gasteiger partial charge in [0.2, 0.25) is 0 Å². The minimum Gasteiger partial charge on any atom is -0.481 e. The second kappa shape index (κ2) is 15.2. The fraction of sp³-hybridized carbons (Fsp3) is 0.800. The van der Waals surface area contributed by atoms with Crippen LogP contribution in [-0.2, 0) is 9.59 Å². The molecule has 0 heterocycles. The molecule has 0 aliphatic heterocycles. The van der Waals surface area contributed by atoms with Crippen LogP contribution in [0.15, 0.2) is 11.6 Å². The van der Waals surface area contributed by atoms with Gasteiger partial charge in [-0.25, -0.2) is 0 Å². The fourth-order valence-corrected chi connectivity index (χ4v) is 2.94. The lowest BCUT2D eigenvalue weighted by Gasteiger charge is -2.15. The molecule has 140 valence electrons. The van der Waals surface area contributed by atoms with E-state index < -0.39 is 17.9 Å². The Morgan fingerprint density at radius 1 is 0.833 bits per heavy atom. The van der Waals surface area contributed by atoms with Crippen molar-refractivity contribution in [3.63, 3.8) is 0 Å². The summed E-state index contributed by atoms with van der Waals surface area (Å²) in [5.41, 5.74) is 0.817. The first kappa shape index (κ1) is 22.7. The van der Waals surface area contributed by atoms with Crippen LogP contribution >= 0.6 is 0 Å². The number of carbonyl (C=O) groups is 2. The van der Waals surface area contributed by atoms with Gasteiger partial charge in [0.05, 0.1) is 12.3 Å². The first-order valence-electron chi connectivity index (χ1n) is 9.66. The van der Waals surface area contributed by atoms with E-state index in [1.165, 1.54) is 32.1 Å². The third kappa shape index (κ3) is 12.1. The topological polar surface area (TPSA) is 74.6 Å². The van der Waals surface area contributed by atoms with Gasteiger partial charge in [-0.3, -0.25) is 9.59 Å². The van der Waals surface area contributed by atoms with Crippen LogP contribution in [0.4, 0.5) is 0 Å². The Balaban J connectivity index is 4.59. The van der Waals surface area contributed by atoms with Crippen molar-refractivity contribution >= 4 is 11.9 Å². The zero-order valence-electron chi connectivity index (χ0n) is 15.6. The maximum absolute atomic E-state index is 11.5. The van der Waals surface area contributed by atoms with Crippen molar-refractivity contribution in [2.45, 2.75) is 97.3 Å². The number of allylic oxidation sites excluding steroid dienone is 1. The molecule has 0 radical (unpaired) electrons. The average Bonchev–Trinajstić information content (AvgIpc) is 2.53. The molecule has 0 aromatic heterocycles. The monoisotopic (exact) mass is 340 g/mol. The minimum absolute atomic E-state index is 0.314. The van der Waals surface area contributed by atoms with E-state index in [1.54, 1.807) is 0 Å². The Bertz CT molecular complexity index is 374. The molecule has 0 aliphatic rings. The molecule has 0 saturated carbocycles. The number of carboxylic acids is 2. The molecule has 0 rings (SSSR count). The van der Waals surface area contributed by atoms with Crippen LogP contribution in [0, 0.1) is 5.92 Å². The molecular formula is C20H36O4. The molecule has 0 aromatic rings. The highest BCUT2D eigenvalue weighted by Gasteiger charge is 2.24. The minimum atomic E-state index is -1.04. The lowest BCUT2D eigenvalue weighted by atomic mass is 9.90. The van der Waals surface area contributed by atoms with Crippen molar-refractivity contribution < 1.29 is 19.8 Å². The maximum Gasteiger partial charge on any atom is 0.311 e. The van der Waals surface area contributed by atoms with Crippen molar-refractivity contribution in [1.29, 1.82) is 0 Å². The van der Waals surface area contributed by atoms with Crippen molar-refractivity contribution in [2.24, 2.45) is 5.92 Å². The standard InChI is InChI=1S/C20H36O4/c1-3-5-7-9-11-13-15-17(14-12-10-8-6-4-2)18(20(23)24)16-19(21)22/h15,18H,3-14,16H2,1-2H3,(H,21,22)(H,23,24)/b17-15-. The Kier molecular flexibility index (Phi) is 14.4. The van der Waals surface area contributed by atoms with Gasteiger partial charge in [0.1, 0.15) is 0 Å². The van der Waals surface area contributed by atoms with Gasteiger partial charge in [-0.05, 0) is 25.7 Å². The molecule has 24 heavy (non-hydrogen) atoms. The molecule has 4 heteroatoms. The molecule has 0 amide bonds. The Labute approximate surface area is 147 Å². The molecule has 0 spiro atoms. The Morgan fingerprint density at radius 3 is 1.88 bits per heavy atom. The SMILES string of the molecule is CCCCCCC/C=C(/CCCCCCC)C(CC(=O)O)C(=O)O. The molecule has 0 fully saturated rings. The summed E-state index contributed by atoms with van der Waals surface area (Å²) in [5.74, 6) is -2.92. The average molecular weight is 341 g/mol. The van der Waals surface area contributed by atoms with E-state index in [2.05, 4.69) is 13.8 Å². The molecular weight excluding hydrogens is 304 g/mol. The van der Waals surface area contributed by atoms with Crippen LogP contribution in [0.25, 0.3) is 0 Å². The van der Waals surface area contributed by atoms with Crippen LogP contribution < -0.4 is 0 Å². The van der Waals surface area contributed by atoms with Gasteiger partial charge in [0, 0.05) is 0 Å². The molecule has 0 bridgehead atoms. The summed E-state index contributed by atoms with van der Waals surface area (Å²) in [7, 11) is 0. The summed E-state index contributed by atoms with van der Waals surface area (Å²) in [6.45, 7) is 4.34. The first-order valence-corrected chi connectivity index (χ1v) is 9.66. The third-order valence-corrected chi connectivity index (χ3v) is 4.41. The van der Waals surface area contributed by atoms with Gasteiger partial charge in [-0.2, -0.15) is 0 Å². The maximum atomic E-state index is 11.5. The predicted molar refractivity (Wildman–Crippen MR) is 98.2 cm³/mol. The molecule has 1 unspecified atom stereocenters. The molecule has 0 saturated heterocycles. The summed E-state index contributed by atoms with van der Waals surface area (Å²) in [4.78, 5) is 22.5. The van der Waals surface area contributed by atoms with Crippen molar-refractivity contribution in [3.05, 3.63) is 11.6 Å². The molecule has 2 N–H and O–H groups in total. The summed E-state index contributed by atoms with van der Waals surface area (Å²) in [6.07, 6.45) is 14.7. The van der Waals surface area contributed by atoms with Crippen LogP contribution in [0.5, 0.6) is 0 Å². The predicted octanol–water partition coefficient (Wildman–Crippen LogP) is 5.81. The Morgan fingerprint density at radius 2 is 1.38 bits per heavy atom. The summed E-state index contributed by atoms with van der Waals surface area (Å²) in [5, 5.41) is 18.4. The largest absolute Gasteiger partial charge is 0.481 e. The van der Waals surface area contributed by atoms with Gasteiger partial charge in [0.25, 0.3) is 0 Å². The molecule has 1 atom stereocenters. The quantitative estimate of drug-likeness (QED) is 0.275. The van der Waals surface area contributed by atoms with Crippen molar-refractivity contribution in [2.75, 3.05) is 0 Å². The van der Waals surface area contributed by atoms with Crippen LogP contribution in [0.3, 0.4) is 0 Å². The summed E-state index contributed by atoms with van der Waals surface area (Å²) < 4.78 is 0. The van der Waals surface area contributed by atoms with E-state index in [-0.39, 0.29) is 6.42 Å². The summed E-state index contributed by atoms with van der Waals surface area (Å²) in [6, 6.07) is 0. The zero-order valence-corrected chi connectivity index (χ0v) is 15.6. The number of hydrogen-bond donors (Lipinski definition) is 2.